The smallest absolute Gasteiger partial charge is 0.271 e. The molecule has 136 valence electrons. The van der Waals surface area contributed by atoms with Crippen LogP contribution in [0.1, 0.15) is 5.56 Å². The number of methoxy groups -OCH3 is 1. The van der Waals surface area contributed by atoms with Crippen LogP contribution in [0.4, 0.5) is 4.39 Å². The van der Waals surface area contributed by atoms with Crippen LogP contribution in [0.5, 0.6) is 5.75 Å². The number of thiophene rings is 1. The molecule has 0 atom stereocenters. The lowest BCUT2D eigenvalue weighted by molar-refractivity contribution is 0.415. The zero-order valence-electron chi connectivity index (χ0n) is 14.3. The minimum absolute atomic E-state index is 0.148. The van der Waals surface area contributed by atoms with Crippen LogP contribution >= 0.6 is 22.9 Å². The van der Waals surface area contributed by atoms with Gasteiger partial charge in [-0.2, -0.15) is 0 Å². The summed E-state index contributed by atoms with van der Waals surface area (Å²) in [7, 11) is 1.62. The topological polar surface area (TPSA) is 44.1 Å². The highest BCUT2D eigenvalue weighted by atomic mass is 35.5. The summed E-state index contributed by atoms with van der Waals surface area (Å²) in [6.45, 7) is 0.233. The van der Waals surface area contributed by atoms with Gasteiger partial charge in [-0.3, -0.25) is 9.36 Å². The van der Waals surface area contributed by atoms with Crippen molar-refractivity contribution in [3.8, 4) is 16.2 Å². The molecule has 0 N–H and O–H groups in total. The Morgan fingerprint density at radius 1 is 1.19 bits per heavy atom. The van der Waals surface area contributed by atoms with Gasteiger partial charge in [0, 0.05) is 9.90 Å². The molecule has 2 aromatic carbocycles. The number of hydrogen-bond donors (Lipinski definition) is 0. The molecule has 2 heterocycles. The third kappa shape index (κ3) is 3.46. The highest BCUT2D eigenvalue weighted by Crippen LogP contribution is 2.31. The van der Waals surface area contributed by atoms with Crippen LogP contribution in [-0.2, 0) is 6.54 Å². The van der Waals surface area contributed by atoms with Crippen LogP contribution in [-0.4, -0.2) is 16.7 Å². The summed E-state index contributed by atoms with van der Waals surface area (Å²) in [5.74, 6) is 0.364. The molecule has 0 aliphatic carbocycles. The van der Waals surface area contributed by atoms with Gasteiger partial charge in [-0.25, -0.2) is 9.37 Å². The molecule has 4 rings (SSSR count). The van der Waals surface area contributed by atoms with E-state index in [0.717, 1.165) is 16.2 Å². The van der Waals surface area contributed by atoms with Crippen molar-refractivity contribution in [1.82, 2.24) is 9.55 Å². The number of nitrogens with zero attached hydrogens (tertiary/aromatic N) is 2. The number of hydrogen-bond acceptors (Lipinski definition) is 4. The Labute approximate surface area is 163 Å². The maximum atomic E-state index is 13.2. The first kappa shape index (κ1) is 17.7. The van der Waals surface area contributed by atoms with Gasteiger partial charge in [0.05, 0.1) is 25.5 Å². The summed E-state index contributed by atoms with van der Waals surface area (Å²) in [5, 5.41) is 0.284. The van der Waals surface area contributed by atoms with E-state index in [1.165, 1.54) is 34.4 Å². The first-order valence-electron chi connectivity index (χ1n) is 8.12. The van der Waals surface area contributed by atoms with Crippen LogP contribution < -0.4 is 10.3 Å². The Morgan fingerprint density at radius 3 is 2.67 bits per heavy atom. The van der Waals surface area contributed by atoms with Crippen molar-refractivity contribution in [3.63, 3.8) is 0 Å². The molecule has 0 amide bonds. The van der Waals surface area contributed by atoms with E-state index in [-0.39, 0.29) is 17.1 Å². The average Bonchev–Trinajstić information content (AvgIpc) is 3.11. The number of rotatable bonds is 4. The van der Waals surface area contributed by atoms with Gasteiger partial charge in [-0.1, -0.05) is 17.7 Å². The SMILES string of the molecule is COc1ccc(-c2cc3ncn(Cc4ccc(F)cc4Cl)c(=O)c3s2)cc1. The monoisotopic (exact) mass is 400 g/mol. The minimum atomic E-state index is -0.410. The normalized spacial score (nSPS) is 11.1. The van der Waals surface area contributed by atoms with E-state index in [4.69, 9.17) is 16.3 Å². The molecular weight excluding hydrogens is 387 g/mol. The number of benzene rings is 2. The summed E-state index contributed by atoms with van der Waals surface area (Å²) < 4.78 is 20.4. The van der Waals surface area contributed by atoms with Gasteiger partial charge in [0.15, 0.2) is 0 Å². The predicted octanol–water partition coefficient (Wildman–Crippen LogP) is 4.97. The number of ether oxygens (including phenoxy) is 1. The zero-order chi connectivity index (χ0) is 19.0. The molecule has 0 radical (unpaired) electrons. The van der Waals surface area contributed by atoms with Gasteiger partial charge in [0.1, 0.15) is 16.3 Å². The fourth-order valence-corrected chi connectivity index (χ4v) is 4.08. The van der Waals surface area contributed by atoms with Crippen LogP contribution in [0.15, 0.2) is 59.7 Å². The van der Waals surface area contributed by atoms with E-state index in [2.05, 4.69) is 4.98 Å². The molecule has 27 heavy (non-hydrogen) atoms. The summed E-state index contributed by atoms with van der Waals surface area (Å²) in [6.07, 6.45) is 1.49. The van der Waals surface area contributed by atoms with Crippen molar-refractivity contribution < 1.29 is 9.13 Å². The van der Waals surface area contributed by atoms with E-state index < -0.39 is 5.82 Å². The largest absolute Gasteiger partial charge is 0.497 e. The molecule has 4 nitrogen and oxygen atoms in total. The quantitative estimate of drug-likeness (QED) is 0.485. The van der Waals surface area contributed by atoms with Crippen molar-refractivity contribution in [3.05, 3.63) is 81.6 Å². The molecule has 0 saturated heterocycles. The third-order valence-corrected chi connectivity index (χ3v) is 5.75. The highest BCUT2D eigenvalue weighted by molar-refractivity contribution is 7.22. The van der Waals surface area contributed by atoms with Crippen molar-refractivity contribution >= 4 is 33.2 Å². The molecule has 0 unspecified atom stereocenters. The second kappa shape index (κ2) is 7.13. The number of halogens is 2. The zero-order valence-corrected chi connectivity index (χ0v) is 15.9. The van der Waals surface area contributed by atoms with Gasteiger partial charge in [-0.15, -0.1) is 11.3 Å². The van der Waals surface area contributed by atoms with Crippen LogP contribution in [0.25, 0.3) is 20.7 Å². The Hall–Kier alpha value is -2.70. The number of aromatic nitrogens is 2. The first-order chi connectivity index (χ1) is 13.0. The van der Waals surface area contributed by atoms with E-state index >= 15 is 0 Å². The minimum Gasteiger partial charge on any atom is -0.497 e. The molecule has 2 aromatic heterocycles. The van der Waals surface area contributed by atoms with E-state index in [9.17, 15) is 9.18 Å². The summed E-state index contributed by atoms with van der Waals surface area (Å²) in [5.41, 5.74) is 2.15. The fourth-order valence-electron chi connectivity index (χ4n) is 2.79. The van der Waals surface area contributed by atoms with Gasteiger partial charge in [0.25, 0.3) is 5.56 Å². The lowest BCUT2D eigenvalue weighted by atomic mass is 10.2. The molecular formula is C20H14ClFN2O2S. The van der Waals surface area contributed by atoms with Crippen LogP contribution in [0, 0.1) is 5.82 Å². The van der Waals surface area contributed by atoms with Crippen molar-refractivity contribution in [2.45, 2.75) is 6.54 Å². The molecule has 0 aliphatic rings. The molecule has 7 heteroatoms. The van der Waals surface area contributed by atoms with Gasteiger partial charge < -0.3 is 4.74 Å². The third-order valence-electron chi connectivity index (χ3n) is 4.23. The maximum Gasteiger partial charge on any atom is 0.271 e. The second-order valence-corrected chi connectivity index (χ2v) is 7.43. The summed E-state index contributed by atoms with van der Waals surface area (Å²) in [6, 6.07) is 13.7. The molecule has 0 saturated carbocycles. The Bertz CT molecular complexity index is 1190. The molecule has 0 spiro atoms. The van der Waals surface area contributed by atoms with E-state index in [1.54, 1.807) is 13.2 Å². The van der Waals surface area contributed by atoms with Crippen molar-refractivity contribution in [1.29, 1.82) is 0 Å². The highest BCUT2D eigenvalue weighted by Gasteiger charge is 2.12. The van der Waals surface area contributed by atoms with E-state index in [0.29, 0.717) is 15.8 Å². The molecule has 0 aliphatic heterocycles. The lowest BCUT2D eigenvalue weighted by Crippen LogP contribution is -2.20. The van der Waals surface area contributed by atoms with Gasteiger partial charge in [-0.05, 0) is 53.6 Å². The average molecular weight is 401 g/mol. The molecule has 4 aromatic rings. The Kier molecular flexibility index (Phi) is 4.68. The van der Waals surface area contributed by atoms with Gasteiger partial charge >= 0.3 is 0 Å². The van der Waals surface area contributed by atoms with Gasteiger partial charge in [0.2, 0.25) is 0 Å². The maximum absolute atomic E-state index is 13.2. The molecule has 0 fully saturated rings. The lowest BCUT2D eigenvalue weighted by Gasteiger charge is -2.07. The number of fused-ring (bicyclic) bond motifs is 1. The predicted molar refractivity (Wildman–Crippen MR) is 106 cm³/mol. The Balaban J connectivity index is 1.72. The van der Waals surface area contributed by atoms with Crippen molar-refractivity contribution in [2.75, 3.05) is 7.11 Å². The molecule has 0 bridgehead atoms. The fraction of sp³-hybridized carbons (Fsp3) is 0.100. The van der Waals surface area contributed by atoms with Crippen LogP contribution in [0.3, 0.4) is 0 Å². The standard InChI is InChI=1S/C20H14ClFN2O2S/c1-26-15-6-3-12(4-7-15)18-9-17-19(27-18)20(25)24(11-23-17)10-13-2-5-14(22)8-16(13)21/h2-9,11H,10H2,1H3. The summed E-state index contributed by atoms with van der Waals surface area (Å²) >= 11 is 7.47. The van der Waals surface area contributed by atoms with Crippen LogP contribution in [0.2, 0.25) is 5.02 Å². The Morgan fingerprint density at radius 2 is 1.96 bits per heavy atom. The van der Waals surface area contributed by atoms with Crippen molar-refractivity contribution in [2.24, 2.45) is 0 Å². The summed E-state index contributed by atoms with van der Waals surface area (Å²) in [4.78, 5) is 18.2. The van der Waals surface area contributed by atoms with E-state index in [1.807, 2.05) is 30.3 Å². The second-order valence-electron chi connectivity index (χ2n) is 5.97. The first-order valence-corrected chi connectivity index (χ1v) is 9.32.